The summed E-state index contributed by atoms with van der Waals surface area (Å²) in [6.07, 6.45) is 0. The molecule has 0 fully saturated rings. The molecule has 5 nitrogen and oxygen atoms in total. The van der Waals surface area contributed by atoms with Crippen LogP contribution in [0.5, 0.6) is 17.2 Å². The third kappa shape index (κ3) is 1.15. The largest absolute Gasteiger partial charge is 0.508 e. The molecule has 0 spiro atoms. The maximum atomic E-state index is 10.9. The summed E-state index contributed by atoms with van der Waals surface area (Å²) in [6.45, 7) is 0. The minimum atomic E-state index is -0.914. The summed E-state index contributed by atoms with van der Waals surface area (Å²) in [5, 5.41) is 27.6. The summed E-state index contributed by atoms with van der Waals surface area (Å²) >= 11 is 0. The molecular formula is C9H6O5. The second kappa shape index (κ2) is 2.66. The first-order chi connectivity index (χ1) is 6.58. The van der Waals surface area contributed by atoms with Gasteiger partial charge in [0.2, 0.25) is 5.75 Å². The highest BCUT2D eigenvalue weighted by Gasteiger charge is 2.08. The van der Waals surface area contributed by atoms with Crippen molar-refractivity contribution in [3.8, 4) is 17.2 Å². The molecule has 0 saturated heterocycles. The van der Waals surface area contributed by atoms with Crippen LogP contribution in [0.3, 0.4) is 0 Å². The molecule has 0 bridgehead atoms. The molecule has 1 aromatic carbocycles. The fourth-order valence-electron chi connectivity index (χ4n) is 1.18. The first-order valence-corrected chi connectivity index (χ1v) is 3.77. The molecule has 5 heteroatoms. The van der Waals surface area contributed by atoms with Gasteiger partial charge in [0.1, 0.15) is 17.1 Å². The van der Waals surface area contributed by atoms with Gasteiger partial charge in [-0.3, -0.25) is 0 Å². The van der Waals surface area contributed by atoms with E-state index < -0.39 is 11.4 Å². The summed E-state index contributed by atoms with van der Waals surface area (Å²) < 4.78 is 4.63. The lowest BCUT2D eigenvalue weighted by Gasteiger charge is -2.00. The SMILES string of the molecule is O=c1oc2cc(O)cc(O)c2cc1O. The van der Waals surface area contributed by atoms with Gasteiger partial charge in [-0.2, -0.15) is 0 Å². The number of rotatable bonds is 0. The van der Waals surface area contributed by atoms with Crippen molar-refractivity contribution in [2.45, 2.75) is 0 Å². The minimum absolute atomic E-state index is 0.0188. The number of phenolic OH excluding ortho intramolecular Hbond substituents is 2. The smallest absolute Gasteiger partial charge is 0.378 e. The highest BCUT2D eigenvalue weighted by Crippen LogP contribution is 2.30. The van der Waals surface area contributed by atoms with Crippen LogP contribution in [0.15, 0.2) is 27.4 Å². The first-order valence-electron chi connectivity index (χ1n) is 3.77. The quantitative estimate of drug-likeness (QED) is 0.542. The molecule has 0 radical (unpaired) electrons. The molecule has 0 atom stereocenters. The summed E-state index contributed by atoms with van der Waals surface area (Å²) in [7, 11) is 0. The van der Waals surface area contributed by atoms with Crippen molar-refractivity contribution in [3.05, 3.63) is 28.6 Å². The van der Waals surface area contributed by atoms with Crippen molar-refractivity contribution in [1.82, 2.24) is 0 Å². The third-order valence-corrected chi connectivity index (χ3v) is 1.80. The van der Waals surface area contributed by atoms with Gasteiger partial charge in [-0.15, -0.1) is 0 Å². The topological polar surface area (TPSA) is 90.9 Å². The number of benzene rings is 1. The van der Waals surface area contributed by atoms with Gasteiger partial charge in [0.15, 0.2) is 0 Å². The van der Waals surface area contributed by atoms with Crippen LogP contribution >= 0.6 is 0 Å². The Morgan fingerprint density at radius 1 is 1.00 bits per heavy atom. The van der Waals surface area contributed by atoms with Crippen LogP contribution in [0.25, 0.3) is 11.0 Å². The zero-order valence-corrected chi connectivity index (χ0v) is 6.89. The monoisotopic (exact) mass is 194 g/mol. The van der Waals surface area contributed by atoms with Crippen LogP contribution in [0.4, 0.5) is 0 Å². The number of aromatic hydroxyl groups is 3. The normalized spacial score (nSPS) is 10.6. The van der Waals surface area contributed by atoms with Crippen LogP contribution < -0.4 is 5.63 Å². The van der Waals surface area contributed by atoms with Gasteiger partial charge in [-0.05, 0) is 0 Å². The maximum Gasteiger partial charge on any atom is 0.378 e. The summed E-state index contributed by atoms with van der Waals surface area (Å²) in [4.78, 5) is 10.9. The Bertz CT molecular complexity index is 555. The van der Waals surface area contributed by atoms with Crippen LogP contribution in [0.1, 0.15) is 0 Å². The molecule has 14 heavy (non-hydrogen) atoms. The molecule has 2 rings (SSSR count). The van der Waals surface area contributed by atoms with E-state index in [1.54, 1.807) is 0 Å². The van der Waals surface area contributed by atoms with E-state index in [9.17, 15) is 9.90 Å². The zero-order valence-electron chi connectivity index (χ0n) is 6.89. The van der Waals surface area contributed by atoms with Crippen molar-refractivity contribution in [3.63, 3.8) is 0 Å². The van der Waals surface area contributed by atoms with E-state index in [2.05, 4.69) is 4.42 Å². The molecule has 0 aliphatic rings. The Balaban J connectivity index is 2.96. The Kier molecular flexibility index (Phi) is 1.60. The average molecular weight is 194 g/mol. The van der Waals surface area contributed by atoms with Gasteiger partial charge in [0, 0.05) is 18.2 Å². The molecule has 72 valence electrons. The van der Waals surface area contributed by atoms with E-state index in [1.807, 2.05) is 0 Å². The van der Waals surface area contributed by atoms with Gasteiger partial charge in [0.05, 0.1) is 5.39 Å². The van der Waals surface area contributed by atoms with Crippen molar-refractivity contribution in [2.75, 3.05) is 0 Å². The van der Waals surface area contributed by atoms with E-state index in [0.717, 1.165) is 12.1 Å². The average Bonchev–Trinajstić information content (AvgIpc) is 2.08. The maximum absolute atomic E-state index is 10.9. The second-order valence-corrected chi connectivity index (χ2v) is 2.80. The third-order valence-electron chi connectivity index (χ3n) is 1.80. The summed E-state index contributed by atoms with van der Waals surface area (Å²) in [6, 6.07) is 3.34. The second-order valence-electron chi connectivity index (χ2n) is 2.80. The van der Waals surface area contributed by atoms with Crippen LogP contribution in [-0.4, -0.2) is 15.3 Å². The lowest BCUT2D eigenvalue weighted by Crippen LogP contribution is -1.96. The van der Waals surface area contributed by atoms with Gasteiger partial charge in [-0.25, -0.2) is 4.79 Å². The van der Waals surface area contributed by atoms with Crippen molar-refractivity contribution in [1.29, 1.82) is 0 Å². The number of phenols is 2. The molecule has 0 saturated carbocycles. The predicted molar refractivity (Wildman–Crippen MR) is 47.5 cm³/mol. The van der Waals surface area contributed by atoms with Crippen molar-refractivity contribution in [2.24, 2.45) is 0 Å². The van der Waals surface area contributed by atoms with Gasteiger partial charge < -0.3 is 19.7 Å². The first kappa shape index (κ1) is 8.43. The Hall–Kier alpha value is -2.17. The van der Waals surface area contributed by atoms with Crippen molar-refractivity contribution < 1.29 is 19.7 Å². The van der Waals surface area contributed by atoms with E-state index in [0.29, 0.717) is 0 Å². The number of hydrogen-bond donors (Lipinski definition) is 3. The molecule has 0 aliphatic heterocycles. The van der Waals surface area contributed by atoms with Crippen LogP contribution in [0.2, 0.25) is 0 Å². The Labute approximate surface area is 77.5 Å². The molecule has 1 aromatic heterocycles. The van der Waals surface area contributed by atoms with Gasteiger partial charge >= 0.3 is 5.63 Å². The Morgan fingerprint density at radius 2 is 1.71 bits per heavy atom. The number of fused-ring (bicyclic) bond motifs is 1. The highest BCUT2D eigenvalue weighted by atomic mass is 16.4. The molecule has 0 aliphatic carbocycles. The predicted octanol–water partition coefficient (Wildman–Crippen LogP) is 0.910. The van der Waals surface area contributed by atoms with E-state index >= 15 is 0 Å². The molecule has 0 amide bonds. The van der Waals surface area contributed by atoms with Gasteiger partial charge in [0.25, 0.3) is 0 Å². The summed E-state index contributed by atoms with van der Waals surface area (Å²) in [5.41, 5.74) is -0.896. The number of hydrogen-bond acceptors (Lipinski definition) is 5. The molecule has 1 heterocycles. The molecule has 3 N–H and O–H groups in total. The van der Waals surface area contributed by atoms with E-state index in [1.165, 1.54) is 6.07 Å². The molecule has 0 unspecified atom stereocenters. The summed E-state index contributed by atoms with van der Waals surface area (Å²) in [5.74, 6) is -1.07. The highest BCUT2D eigenvalue weighted by molar-refractivity contribution is 5.85. The van der Waals surface area contributed by atoms with E-state index in [4.69, 9.17) is 10.2 Å². The lowest BCUT2D eigenvalue weighted by atomic mass is 10.2. The van der Waals surface area contributed by atoms with Crippen LogP contribution in [-0.2, 0) is 0 Å². The van der Waals surface area contributed by atoms with Crippen molar-refractivity contribution >= 4 is 11.0 Å². The molecular weight excluding hydrogens is 188 g/mol. The molecule has 2 aromatic rings. The zero-order chi connectivity index (χ0) is 10.3. The standard InChI is InChI=1S/C9H6O5/c10-4-1-6(11)5-3-7(12)9(13)14-8(5)2-4/h1-3,10-12H. The fourth-order valence-corrected chi connectivity index (χ4v) is 1.18. The minimum Gasteiger partial charge on any atom is -0.508 e. The lowest BCUT2D eigenvalue weighted by molar-refractivity contribution is 0.422. The van der Waals surface area contributed by atoms with Gasteiger partial charge in [-0.1, -0.05) is 0 Å². The Morgan fingerprint density at radius 3 is 2.43 bits per heavy atom. The van der Waals surface area contributed by atoms with E-state index in [-0.39, 0.29) is 22.5 Å². The van der Waals surface area contributed by atoms with Crippen LogP contribution in [0, 0.1) is 0 Å². The fraction of sp³-hybridized carbons (Fsp3) is 0.